The molecule has 2 aromatic heterocycles. The summed E-state index contributed by atoms with van der Waals surface area (Å²) in [5.41, 5.74) is 0.289. The van der Waals surface area contributed by atoms with Crippen molar-refractivity contribution in [3.05, 3.63) is 21.6 Å². The highest BCUT2D eigenvalue weighted by Gasteiger charge is 2.41. The van der Waals surface area contributed by atoms with Gasteiger partial charge in [-0.15, -0.1) is 10.2 Å². The van der Waals surface area contributed by atoms with Crippen molar-refractivity contribution in [3.63, 3.8) is 0 Å². The number of nitrogens with zero attached hydrogens (tertiary/aromatic N) is 4. The largest absolute Gasteiger partial charge is 0.291 e. The lowest BCUT2D eigenvalue weighted by atomic mass is 10.2. The van der Waals surface area contributed by atoms with Crippen LogP contribution in [0.25, 0.3) is 21.6 Å². The molecule has 0 radical (unpaired) electrons. The molecule has 1 aliphatic carbocycles. The van der Waals surface area contributed by atoms with Gasteiger partial charge in [0, 0.05) is 15.4 Å². The lowest BCUT2D eigenvalue weighted by Crippen LogP contribution is -2.34. The van der Waals surface area contributed by atoms with Gasteiger partial charge in [0.05, 0.1) is 10.4 Å². The highest BCUT2D eigenvalue weighted by Crippen LogP contribution is 2.39. The number of halogens is 3. The first-order valence-electron chi connectivity index (χ1n) is 8.33. The Hall–Kier alpha value is -1.28. The molecule has 0 unspecified atom stereocenters. The molecule has 0 spiro atoms. The molecular formula is C16H14BrF2N5O2S3. The molecule has 0 amide bonds. The minimum atomic E-state index is -3.79. The van der Waals surface area contributed by atoms with Crippen molar-refractivity contribution in [2.45, 2.75) is 41.8 Å². The summed E-state index contributed by atoms with van der Waals surface area (Å²) in [7, 11) is -3.79. The molecular weight excluding hydrogens is 508 g/mol. The third kappa shape index (κ3) is 4.15. The first kappa shape index (κ1) is 21.0. The van der Waals surface area contributed by atoms with Crippen LogP contribution in [0.3, 0.4) is 0 Å². The second-order valence-electron chi connectivity index (χ2n) is 6.77. The zero-order valence-corrected chi connectivity index (χ0v) is 19.1. The molecule has 0 aliphatic heterocycles. The van der Waals surface area contributed by atoms with Gasteiger partial charge in [-0.2, -0.15) is 0 Å². The number of thioether (sulfide) groups is 1. The van der Waals surface area contributed by atoms with E-state index in [0.717, 1.165) is 12.8 Å². The van der Waals surface area contributed by atoms with E-state index >= 15 is 0 Å². The van der Waals surface area contributed by atoms with Gasteiger partial charge in [-0.25, -0.2) is 31.9 Å². The average molecular weight is 522 g/mol. The number of nitrogens with one attached hydrogen (secondary N) is 1. The van der Waals surface area contributed by atoms with Crippen LogP contribution in [0.5, 0.6) is 0 Å². The Morgan fingerprint density at radius 2 is 2.00 bits per heavy atom. The Morgan fingerprint density at radius 1 is 1.28 bits per heavy atom. The predicted molar refractivity (Wildman–Crippen MR) is 111 cm³/mol. The lowest BCUT2D eigenvalue weighted by Gasteiger charge is -2.14. The Labute approximate surface area is 181 Å². The van der Waals surface area contributed by atoms with Gasteiger partial charge >= 0.3 is 0 Å². The number of hydrogen-bond acceptors (Lipinski definition) is 8. The Kier molecular flexibility index (Phi) is 5.39. The number of sulfonamides is 1. The molecule has 0 bridgehead atoms. The summed E-state index contributed by atoms with van der Waals surface area (Å²) in [6, 6.07) is 2.92. The van der Waals surface area contributed by atoms with Crippen molar-refractivity contribution in [3.8, 4) is 10.7 Å². The van der Waals surface area contributed by atoms with Crippen molar-refractivity contribution >= 4 is 60.0 Å². The van der Waals surface area contributed by atoms with Crippen molar-refractivity contribution in [2.24, 2.45) is 0 Å². The van der Waals surface area contributed by atoms with E-state index in [2.05, 4.69) is 40.8 Å². The molecule has 13 heteroatoms. The molecule has 3 aromatic rings. The van der Waals surface area contributed by atoms with Crippen molar-refractivity contribution in [1.82, 2.24) is 24.9 Å². The lowest BCUT2D eigenvalue weighted by molar-refractivity contribution is 0.150. The van der Waals surface area contributed by atoms with Crippen molar-refractivity contribution in [2.75, 3.05) is 6.26 Å². The number of aromatic nitrogens is 4. The molecule has 4 rings (SSSR count). The number of rotatable bonds is 6. The maximum atomic E-state index is 13.0. The Bertz CT molecular complexity index is 1210. The number of fused-ring (bicyclic) bond motifs is 1. The van der Waals surface area contributed by atoms with Crippen LogP contribution in [0.2, 0.25) is 0 Å². The zero-order chi connectivity index (χ0) is 21.0. The van der Waals surface area contributed by atoms with Crippen LogP contribution in [-0.2, 0) is 10.0 Å². The highest BCUT2D eigenvalue weighted by atomic mass is 79.9. The second kappa shape index (κ2) is 7.45. The summed E-state index contributed by atoms with van der Waals surface area (Å²) < 4.78 is 54.8. The molecule has 2 heterocycles. The molecule has 1 aliphatic rings. The summed E-state index contributed by atoms with van der Waals surface area (Å²) >= 11 is 5.38. The fraction of sp³-hybridized carbons (Fsp3) is 0.375. The molecule has 1 N–H and O–H groups in total. The minimum Gasteiger partial charge on any atom is -0.221 e. The van der Waals surface area contributed by atoms with Crippen LogP contribution in [0.15, 0.2) is 26.7 Å². The van der Waals surface area contributed by atoms with Crippen molar-refractivity contribution < 1.29 is 17.2 Å². The number of benzene rings is 1. The predicted octanol–water partition coefficient (Wildman–Crippen LogP) is 4.40. The van der Waals surface area contributed by atoms with Gasteiger partial charge in [-0.05, 0) is 54.1 Å². The van der Waals surface area contributed by atoms with Gasteiger partial charge in [-0.3, -0.25) is 0 Å². The van der Waals surface area contributed by atoms with E-state index in [0.29, 0.717) is 31.9 Å². The van der Waals surface area contributed by atoms with E-state index in [-0.39, 0.29) is 15.6 Å². The average Bonchev–Trinajstić information content (AvgIpc) is 3.18. The maximum absolute atomic E-state index is 13.0. The normalized spacial score (nSPS) is 15.9. The van der Waals surface area contributed by atoms with E-state index in [1.165, 1.54) is 23.9 Å². The van der Waals surface area contributed by atoms with Crippen molar-refractivity contribution in [1.29, 1.82) is 0 Å². The molecule has 1 saturated carbocycles. The van der Waals surface area contributed by atoms with Crippen LogP contribution in [0.1, 0.15) is 31.2 Å². The smallest absolute Gasteiger partial charge is 0.221 e. The summed E-state index contributed by atoms with van der Waals surface area (Å²) in [5, 5.41) is 7.88. The molecule has 0 saturated heterocycles. The fourth-order valence-electron chi connectivity index (χ4n) is 2.65. The van der Waals surface area contributed by atoms with E-state index in [1.807, 2.05) is 6.92 Å². The molecule has 0 atom stereocenters. The first-order chi connectivity index (χ1) is 13.6. The standard InChI is InChI=1S/C16H14BrF2N5O2S3/c1-16(3-4-16)24-29(25,26)7-5-8-10(9(17)6-7)20-15(27-2)21-11(8)13-22-23-14(28-13)12(18)19/h5-6,12,24H,3-4H2,1-2H3. The van der Waals surface area contributed by atoms with Gasteiger partial charge in [0.2, 0.25) is 10.0 Å². The monoisotopic (exact) mass is 521 g/mol. The van der Waals surface area contributed by atoms with E-state index in [9.17, 15) is 17.2 Å². The van der Waals surface area contributed by atoms with Crippen LogP contribution < -0.4 is 4.72 Å². The van der Waals surface area contributed by atoms with Gasteiger partial charge in [-0.1, -0.05) is 23.1 Å². The van der Waals surface area contributed by atoms with Gasteiger partial charge in [0.25, 0.3) is 6.43 Å². The van der Waals surface area contributed by atoms with Gasteiger partial charge in [0.1, 0.15) is 5.69 Å². The summed E-state index contributed by atoms with van der Waals surface area (Å²) in [6.45, 7) is 1.84. The first-order valence-corrected chi connectivity index (χ1v) is 12.6. The Morgan fingerprint density at radius 3 is 2.59 bits per heavy atom. The van der Waals surface area contributed by atoms with Gasteiger partial charge < -0.3 is 0 Å². The Balaban J connectivity index is 1.92. The number of alkyl halides is 2. The maximum Gasteiger partial charge on any atom is 0.291 e. The third-order valence-electron chi connectivity index (χ3n) is 4.41. The number of hydrogen-bond donors (Lipinski definition) is 1. The van der Waals surface area contributed by atoms with Crippen LogP contribution in [-0.4, -0.2) is 40.4 Å². The molecule has 29 heavy (non-hydrogen) atoms. The summed E-state index contributed by atoms with van der Waals surface area (Å²) in [5.74, 6) is 0. The molecule has 1 aromatic carbocycles. The third-order valence-corrected chi connectivity index (χ3v) is 8.12. The molecule has 1 fully saturated rings. The van der Waals surface area contributed by atoms with Crippen LogP contribution >= 0.6 is 39.0 Å². The fourth-order valence-corrected chi connectivity index (χ4v) is 5.93. The molecule has 154 valence electrons. The quantitative estimate of drug-likeness (QED) is 0.379. The summed E-state index contributed by atoms with van der Waals surface area (Å²) in [6.07, 6.45) is 0.574. The van der Waals surface area contributed by atoms with E-state index < -0.39 is 27.0 Å². The van der Waals surface area contributed by atoms with Gasteiger partial charge in [0.15, 0.2) is 15.2 Å². The topological polar surface area (TPSA) is 97.7 Å². The molecule has 7 nitrogen and oxygen atoms in total. The minimum absolute atomic E-state index is 0.0327. The summed E-state index contributed by atoms with van der Waals surface area (Å²) in [4.78, 5) is 8.85. The van der Waals surface area contributed by atoms with E-state index in [1.54, 1.807) is 6.26 Å². The van der Waals surface area contributed by atoms with Crippen LogP contribution in [0, 0.1) is 0 Å². The zero-order valence-electron chi connectivity index (χ0n) is 15.1. The highest BCUT2D eigenvalue weighted by molar-refractivity contribution is 9.10. The SMILES string of the molecule is CSc1nc(-c2nnc(C(F)F)s2)c2cc(S(=O)(=O)NC3(C)CC3)cc(Br)c2n1. The second-order valence-corrected chi connectivity index (χ2v) is 11.1. The van der Waals surface area contributed by atoms with E-state index in [4.69, 9.17) is 0 Å². The van der Waals surface area contributed by atoms with Crippen LogP contribution in [0.4, 0.5) is 8.78 Å².